The minimum Gasteiger partial charge on any atom is -0.469 e. The predicted octanol–water partition coefficient (Wildman–Crippen LogP) is 2.47. The lowest BCUT2D eigenvalue weighted by atomic mass is 10.1. The van der Waals surface area contributed by atoms with E-state index in [4.69, 9.17) is 4.74 Å². The number of esters is 1. The van der Waals surface area contributed by atoms with E-state index < -0.39 is 0 Å². The van der Waals surface area contributed by atoms with E-state index in [1.807, 2.05) is 13.0 Å². The van der Waals surface area contributed by atoms with Gasteiger partial charge in [-0.25, -0.2) is 4.39 Å². The number of hydrogen-bond acceptors (Lipinski definition) is 3. The lowest BCUT2D eigenvalue weighted by Gasteiger charge is -2.13. The first-order valence-corrected chi connectivity index (χ1v) is 6.62. The number of rotatable bonds is 7. The van der Waals surface area contributed by atoms with Gasteiger partial charge >= 0.3 is 5.97 Å². The summed E-state index contributed by atoms with van der Waals surface area (Å²) in [5.74, 6) is -0.443. The number of carbonyl (C=O) groups is 1. The Hall–Kier alpha value is -1.42. The second-order valence-electron chi connectivity index (χ2n) is 4.67. The van der Waals surface area contributed by atoms with E-state index in [1.165, 1.54) is 13.2 Å². The number of aryl methyl sites for hydroxylation is 1. The summed E-state index contributed by atoms with van der Waals surface area (Å²) in [4.78, 5) is 11.4. The smallest absolute Gasteiger partial charge is 0.309 e. The van der Waals surface area contributed by atoms with E-state index in [0.717, 1.165) is 24.9 Å². The summed E-state index contributed by atoms with van der Waals surface area (Å²) in [6.45, 7) is 5.10. The fraction of sp³-hybridized carbons (Fsp3) is 0.533. The fourth-order valence-corrected chi connectivity index (χ4v) is 1.93. The van der Waals surface area contributed by atoms with E-state index in [-0.39, 0.29) is 17.7 Å². The summed E-state index contributed by atoms with van der Waals surface area (Å²) in [5, 5.41) is 3.24. The van der Waals surface area contributed by atoms with Gasteiger partial charge in [0.05, 0.1) is 13.0 Å². The monoisotopic (exact) mass is 267 g/mol. The van der Waals surface area contributed by atoms with Crippen molar-refractivity contribution in [1.29, 1.82) is 0 Å². The quantitative estimate of drug-likeness (QED) is 0.609. The molecule has 1 aromatic carbocycles. The number of methoxy groups -OCH3 is 1. The molecule has 0 heterocycles. The average Bonchev–Trinajstić information content (AvgIpc) is 2.42. The number of ether oxygens (including phenoxy) is 1. The molecular formula is C15H22FNO2. The van der Waals surface area contributed by atoms with Gasteiger partial charge in [0, 0.05) is 6.54 Å². The molecule has 106 valence electrons. The molecule has 0 fully saturated rings. The molecule has 1 N–H and O–H groups in total. The van der Waals surface area contributed by atoms with Crippen molar-refractivity contribution in [2.75, 3.05) is 20.2 Å². The molecule has 0 radical (unpaired) electrons. The van der Waals surface area contributed by atoms with Crippen LogP contribution >= 0.6 is 0 Å². The van der Waals surface area contributed by atoms with Crippen molar-refractivity contribution in [3.05, 3.63) is 35.1 Å². The Morgan fingerprint density at radius 2 is 2.21 bits per heavy atom. The summed E-state index contributed by atoms with van der Waals surface area (Å²) in [6, 6.07) is 5.14. The second-order valence-corrected chi connectivity index (χ2v) is 4.67. The van der Waals surface area contributed by atoms with Crippen LogP contribution in [0.5, 0.6) is 0 Å². The van der Waals surface area contributed by atoms with Gasteiger partial charge in [0.25, 0.3) is 0 Å². The lowest BCUT2D eigenvalue weighted by Crippen LogP contribution is -2.30. The molecule has 1 rings (SSSR count). The third kappa shape index (κ3) is 4.99. The Bertz CT molecular complexity index is 421. The van der Waals surface area contributed by atoms with Crippen LogP contribution < -0.4 is 5.32 Å². The Labute approximate surface area is 114 Å². The Kier molecular flexibility index (Phi) is 6.50. The van der Waals surface area contributed by atoms with Gasteiger partial charge in [-0.15, -0.1) is 0 Å². The van der Waals surface area contributed by atoms with Crippen molar-refractivity contribution in [2.24, 2.45) is 5.92 Å². The molecule has 4 heteroatoms. The van der Waals surface area contributed by atoms with Crippen molar-refractivity contribution in [2.45, 2.75) is 26.7 Å². The Morgan fingerprint density at radius 3 is 2.79 bits per heavy atom. The Morgan fingerprint density at radius 1 is 1.47 bits per heavy atom. The minimum absolute atomic E-state index is 0.0973. The summed E-state index contributed by atoms with van der Waals surface area (Å²) in [7, 11) is 1.41. The van der Waals surface area contributed by atoms with Crippen molar-refractivity contribution in [3.63, 3.8) is 0 Å². The van der Waals surface area contributed by atoms with E-state index in [9.17, 15) is 9.18 Å². The zero-order chi connectivity index (χ0) is 14.3. The first-order valence-electron chi connectivity index (χ1n) is 6.62. The van der Waals surface area contributed by atoms with E-state index in [1.54, 1.807) is 13.0 Å². The van der Waals surface area contributed by atoms with E-state index in [2.05, 4.69) is 5.32 Å². The molecule has 0 spiro atoms. The van der Waals surface area contributed by atoms with Gasteiger partial charge in [0.15, 0.2) is 0 Å². The lowest BCUT2D eigenvalue weighted by molar-refractivity contribution is -0.145. The van der Waals surface area contributed by atoms with Gasteiger partial charge < -0.3 is 10.1 Å². The van der Waals surface area contributed by atoms with Crippen LogP contribution in [0.3, 0.4) is 0 Å². The second kappa shape index (κ2) is 7.89. The van der Waals surface area contributed by atoms with E-state index in [0.29, 0.717) is 12.1 Å². The Balaban J connectivity index is 2.34. The predicted molar refractivity (Wildman–Crippen MR) is 73.5 cm³/mol. The minimum atomic E-state index is -0.173. The highest BCUT2D eigenvalue weighted by Gasteiger charge is 2.15. The number of benzene rings is 1. The van der Waals surface area contributed by atoms with Crippen LogP contribution in [0.25, 0.3) is 0 Å². The molecule has 1 unspecified atom stereocenters. The van der Waals surface area contributed by atoms with Gasteiger partial charge in [-0.1, -0.05) is 19.1 Å². The molecule has 0 aromatic heterocycles. The summed E-state index contributed by atoms with van der Waals surface area (Å²) < 4.78 is 17.8. The third-order valence-corrected chi connectivity index (χ3v) is 3.23. The van der Waals surface area contributed by atoms with Crippen LogP contribution in [-0.4, -0.2) is 26.2 Å². The zero-order valence-corrected chi connectivity index (χ0v) is 11.8. The summed E-state index contributed by atoms with van der Waals surface area (Å²) in [6.07, 6.45) is 1.58. The highest BCUT2D eigenvalue weighted by atomic mass is 19.1. The van der Waals surface area contributed by atoms with Crippen LogP contribution in [-0.2, 0) is 16.0 Å². The van der Waals surface area contributed by atoms with Crippen molar-refractivity contribution in [3.8, 4) is 0 Å². The number of nitrogens with one attached hydrogen (secondary N) is 1. The van der Waals surface area contributed by atoms with Crippen LogP contribution in [0.4, 0.5) is 4.39 Å². The van der Waals surface area contributed by atoms with Crippen LogP contribution in [0.2, 0.25) is 0 Å². The average molecular weight is 267 g/mol. The maximum atomic E-state index is 13.1. The van der Waals surface area contributed by atoms with Gasteiger partial charge in [-0.3, -0.25) is 4.79 Å². The molecule has 0 bridgehead atoms. The standard InChI is InChI=1S/C15H22FNO2/c1-4-13(15(18)19-3)10-17-8-7-12-5-6-14(16)11(2)9-12/h5-6,9,13,17H,4,7-8,10H2,1-3H3. The first kappa shape index (κ1) is 15.6. The van der Waals surface area contributed by atoms with Crippen LogP contribution in [0.15, 0.2) is 18.2 Å². The molecule has 1 aromatic rings. The molecule has 0 aliphatic heterocycles. The molecule has 1 atom stereocenters. The normalized spacial score (nSPS) is 12.2. The maximum absolute atomic E-state index is 13.1. The zero-order valence-electron chi connectivity index (χ0n) is 11.8. The fourth-order valence-electron chi connectivity index (χ4n) is 1.93. The molecule has 0 aliphatic rings. The van der Waals surface area contributed by atoms with Crippen molar-refractivity contribution in [1.82, 2.24) is 5.32 Å². The van der Waals surface area contributed by atoms with Gasteiger partial charge in [-0.2, -0.15) is 0 Å². The van der Waals surface area contributed by atoms with Gasteiger partial charge in [-0.05, 0) is 43.5 Å². The van der Waals surface area contributed by atoms with Crippen LogP contribution in [0.1, 0.15) is 24.5 Å². The molecule has 0 amide bonds. The molecule has 0 aliphatic carbocycles. The summed E-state index contributed by atoms with van der Waals surface area (Å²) in [5.41, 5.74) is 1.76. The number of carbonyl (C=O) groups excluding carboxylic acids is 1. The topological polar surface area (TPSA) is 38.3 Å². The van der Waals surface area contributed by atoms with Gasteiger partial charge in [0.2, 0.25) is 0 Å². The molecular weight excluding hydrogens is 245 g/mol. The van der Waals surface area contributed by atoms with E-state index >= 15 is 0 Å². The maximum Gasteiger partial charge on any atom is 0.309 e. The summed E-state index contributed by atoms with van der Waals surface area (Å²) >= 11 is 0. The molecule has 0 saturated heterocycles. The van der Waals surface area contributed by atoms with Crippen molar-refractivity contribution >= 4 is 5.97 Å². The highest BCUT2D eigenvalue weighted by Crippen LogP contribution is 2.09. The molecule has 19 heavy (non-hydrogen) atoms. The largest absolute Gasteiger partial charge is 0.469 e. The number of halogens is 1. The SMILES string of the molecule is CCC(CNCCc1ccc(F)c(C)c1)C(=O)OC. The van der Waals surface area contributed by atoms with Gasteiger partial charge in [0.1, 0.15) is 5.82 Å². The van der Waals surface area contributed by atoms with Crippen molar-refractivity contribution < 1.29 is 13.9 Å². The molecule has 3 nitrogen and oxygen atoms in total. The molecule has 0 saturated carbocycles. The van der Waals surface area contributed by atoms with Crippen LogP contribution in [0, 0.1) is 18.7 Å². The first-order chi connectivity index (χ1) is 9.08. The highest BCUT2D eigenvalue weighted by molar-refractivity contribution is 5.72. The third-order valence-electron chi connectivity index (χ3n) is 3.23. The number of hydrogen-bond donors (Lipinski definition) is 1.